The lowest BCUT2D eigenvalue weighted by Gasteiger charge is -2.41. The van der Waals surface area contributed by atoms with Gasteiger partial charge in [-0.15, -0.1) is 0 Å². The predicted molar refractivity (Wildman–Crippen MR) is 73.2 cm³/mol. The van der Waals surface area contributed by atoms with Crippen LogP contribution in [0.5, 0.6) is 0 Å². The van der Waals surface area contributed by atoms with Crippen molar-refractivity contribution in [3.8, 4) is 0 Å². The fourth-order valence-electron chi connectivity index (χ4n) is 2.54. The number of benzene rings is 1. The van der Waals surface area contributed by atoms with Crippen LogP contribution in [-0.4, -0.2) is 40.6 Å². The van der Waals surface area contributed by atoms with Gasteiger partial charge >= 0.3 is 5.97 Å². The maximum Gasteiger partial charge on any atom is 0.326 e. The van der Waals surface area contributed by atoms with Crippen molar-refractivity contribution >= 4 is 11.9 Å². The second-order valence-electron chi connectivity index (χ2n) is 4.91. The molecule has 2 rings (SSSR count). The quantitative estimate of drug-likeness (QED) is 0.912. The second kappa shape index (κ2) is 6.05. The van der Waals surface area contributed by atoms with Gasteiger partial charge in [-0.05, 0) is 18.9 Å². The average Bonchev–Trinajstić information content (AvgIpc) is 2.45. The van der Waals surface area contributed by atoms with Crippen molar-refractivity contribution < 1.29 is 19.4 Å². The summed E-state index contributed by atoms with van der Waals surface area (Å²) in [7, 11) is 0. The summed E-state index contributed by atoms with van der Waals surface area (Å²) in [5, 5.41) is 9.36. The van der Waals surface area contributed by atoms with E-state index in [9.17, 15) is 14.7 Å². The molecule has 1 aromatic rings. The number of carboxylic acid groups (broad SMARTS) is 1. The maximum absolute atomic E-state index is 12.4. The molecule has 1 aliphatic rings. The van der Waals surface area contributed by atoms with Crippen molar-refractivity contribution in [3.63, 3.8) is 0 Å². The fourth-order valence-corrected chi connectivity index (χ4v) is 2.54. The molecule has 108 valence electrons. The van der Waals surface area contributed by atoms with Gasteiger partial charge in [0.1, 0.15) is 12.1 Å². The van der Waals surface area contributed by atoms with Crippen LogP contribution >= 0.6 is 0 Å². The fraction of sp³-hybridized carbons (Fsp3) is 0.467. The van der Waals surface area contributed by atoms with Gasteiger partial charge in [0.2, 0.25) is 0 Å². The Morgan fingerprint density at radius 2 is 2.10 bits per heavy atom. The molecule has 5 heteroatoms. The highest BCUT2D eigenvalue weighted by Gasteiger charge is 2.40. The largest absolute Gasteiger partial charge is 0.480 e. The zero-order valence-corrected chi connectivity index (χ0v) is 11.7. The van der Waals surface area contributed by atoms with Gasteiger partial charge in [-0.2, -0.15) is 0 Å². The second-order valence-corrected chi connectivity index (χ2v) is 4.91. The zero-order valence-electron chi connectivity index (χ0n) is 11.7. The molecule has 0 aliphatic carbocycles. The lowest BCUT2D eigenvalue weighted by Crippen LogP contribution is -2.55. The van der Waals surface area contributed by atoms with E-state index in [2.05, 4.69) is 0 Å². The molecule has 1 N–H and O–H groups in total. The highest BCUT2D eigenvalue weighted by atomic mass is 16.5. The SMILES string of the molecule is CCC(C(=O)O)N1C(=O)[C@H](C)OC[C@H]1c1ccccc1. The first kappa shape index (κ1) is 14.5. The third-order valence-corrected chi connectivity index (χ3v) is 3.63. The number of morpholine rings is 1. The third-order valence-electron chi connectivity index (χ3n) is 3.63. The first-order valence-corrected chi connectivity index (χ1v) is 6.77. The Hall–Kier alpha value is -1.88. The minimum absolute atomic E-state index is 0.264. The summed E-state index contributed by atoms with van der Waals surface area (Å²) in [6.07, 6.45) is -0.222. The van der Waals surface area contributed by atoms with Gasteiger partial charge < -0.3 is 14.7 Å². The van der Waals surface area contributed by atoms with Gasteiger partial charge in [0.15, 0.2) is 0 Å². The molecule has 20 heavy (non-hydrogen) atoms. The average molecular weight is 277 g/mol. The summed E-state index contributed by atoms with van der Waals surface area (Å²) >= 11 is 0. The maximum atomic E-state index is 12.4. The minimum Gasteiger partial charge on any atom is -0.480 e. The van der Waals surface area contributed by atoms with Crippen molar-refractivity contribution in [2.45, 2.75) is 38.5 Å². The highest BCUT2D eigenvalue weighted by Crippen LogP contribution is 2.30. The van der Waals surface area contributed by atoms with E-state index in [4.69, 9.17) is 4.74 Å². The number of nitrogens with zero attached hydrogens (tertiary/aromatic N) is 1. The summed E-state index contributed by atoms with van der Waals surface area (Å²) in [5.74, 6) is -1.24. The van der Waals surface area contributed by atoms with Gasteiger partial charge in [0.05, 0.1) is 12.6 Å². The number of hydrogen-bond acceptors (Lipinski definition) is 3. The number of amides is 1. The molecule has 0 bridgehead atoms. The van der Waals surface area contributed by atoms with E-state index < -0.39 is 18.1 Å². The summed E-state index contributed by atoms with van der Waals surface area (Å²) in [6.45, 7) is 3.75. The lowest BCUT2D eigenvalue weighted by atomic mass is 10.00. The van der Waals surface area contributed by atoms with Gasteiger partial charge in [-0.1, -0.05) is 37.3 Å². The van der Waals surface area contributed by atoms with Crippen LogP contribution in [0, 0.1) is 0 Å². The Bertz CT molecular complexity index is 488. The highest BCUT2D eigenvalue weighted by molar-refractivity contribution is 5.87. The third kappa shape index (κ3) is 2.67. The molecule has 3 atom stereocenters. The molecular formula is C15H19NO4. The normalized spacial score (nSPS) is 24.5. The molecule has 0 radical (unpaired) electrons. The number of aliphatic carboxylic acids is 1. The molecule has 1 heterocycles. The van der Waals surface area contributed by atoms with E-state index in [1.165, 1.54) is 4.90 Å². The standard InChI is InChI=1S/C15H19NO4/c1-3-12(15(18)19)16-13(9-20-10(2)14(16)17)11-7-5-4-6-8-11/h4-8,10,12-13H,3,9H2,1-2H3,(H,18,19)/t10-,12?,13-/m0/s1. The van der Waals surface area contributed by atoms with Crippen LogP contribution in [0.25, 0.3) is 0 Å². The van der Waals surface area contributed by atoms with Crippen molar-refractivity contribution in [2.24, 2.45) is 0 Å². The number of carbonyl (C=O) groups excluding carboxylic acids is 1. The number of carbonyl (C=O) groups is 2. The van der Waals surface area contributed by atoms with Gasteiger partial charge in [0.25, 0.3) is 5.91 Å². The molecular weight excluding hydrogens is 258 g/mol. The zero-order chi connectivity index (χ0) is 14.7. The van der Waals surface area contributed by atoms with E-state index in [-0.39, 0.29) is 11.9 Å². The number of carboxylic acids is 1. The molecule has 1 aromatic carbocycles. The predicted octanol–water partition coefficient (Wildman–Crippen LogP) is 1.84. The van der Waals surface area contributed by atoms with Crippen molar-refractivity contribution in [2.75, 3.05) is 6.61 Å². The lowest BCUT2D eigenvalue weighted by molar-refractivity contribution is -0.170. The molecule has 1 saturated heterocycles. The first-order valence-electron chi connectivity index (χ1n) is 6.77. The van der Waals surface area contributed by atoms with Crippen LogP contribution in [0.2, 0.25) is 0 Å². The van der Waals surface area contributed by atoms with Crippen molar-refractivity contribution in [1.29, 1.82) is 0 Å². The van der Waals surface area contributed by atoms with E-state index in [1.54, 1.807) is 13.8 Å². The molecule has 0 spiro atoms. The Morgan fingerprint density at radius 3 is 2.65 bits per heavy atom. The van der Waals surface area contributed by atoms with Crippen LogP contribution in [0.3, 0.4) is 0 Å². The Balaban J connectivity index is 2.38. The Morgan fingerprint density at radius 1 is 1.45 bits per heavy atom. The minimum atomic E-state index is -0.976. The molecule has 0 aromatic heterocycles. The van der Waals surface area contributed by atoms with Crippen molar-refractivity contribution in [3.05, 3.63) is 35.9 Å². The van der Waals surface area contributed by atoms with Crippen molar-refractivity contribution in [1.82, 2.24) is 4.90 Å². The summed E-state index contributed by atoms with van der Waals surface area (Å²) in [6, 6.07) is 8.24. The van der Waals surface area contributed by atoms with E-state index in [0.29, 0.717) is 13.0 Å². The summed E-state index contributed by atoms with van der Waals surface area (Å²) in [5.41, 5.74) is 0.896. The molecule has 1 amide bonds. The monoisotopic (exact) mass is 277 g/mol. The number of rotatable bonds is 4. The van der Waals surface area contributed by atoms with E-state index >= 15 is 0 Å². The molecule has 0 saturated carbocycles. The van der Waals surface area contributed by atoms with E-state index in [0.717, 1.165) is 5.56 Å². The first-order chi connectivity index (χ1) is 9.56. The van der Waals surface area contributed by atoms with Crippen LogP contribution in [-0.2, 0) is 14.3 Å². The van der Waals surface area contributed by atoms with Crippen LogP contribution in [0.1, 0.15) is 31.9 Å². The molecule has 1 aliphatic heterocycles. The Kier molecular flexibility index (Phi) is 4.39. The summed E-state index contributed by atoms with van der Waals surface area (Å²) in [4.78, 5) is 25.2. The van der Waals surface area contributed by atoms with E-state index in [1.807, 2.05) is 30.3 Å². The smallest absolute Gasteiger partial charge is 0.326 e. The molecule has 1 unspecified atom stereocenters. The van der Waals surface area contributed by atoms with Crippen LogP contribution < -0.4 is 0 Å². The van der Waals surface area contributed by atoms with Crippen LogP contribution in [0.15, 0.2) is 30.3 Å². The van der Waals surface area contributed by atoms with Gasteiger partial charge in [-0.25, -0.2) is 4.79 Å². The number of ether oxygens (including phenoxy) is 1. The molecule has 1 fully saturated rings. The van der Waals surface area contributed by atoms with Crippen LogP contribution in [0.4, 0.5) is 0 Å². The summed E-state index contributed by atoms with van der Waals surface area (Å²) < 4.78 is 5.48. The Labute approximate surface area is 118 Å². The molecule has 5 nitrogen and oxygen atoms in total. The topological polar surface area (TPSA) is 66.8 Å². The number of hydrogen-bond donors (Lipinski definition) is 1. The van der Waals surface area contributed by atoms with Gasteiger partial charge in [-0.3, -0.25) is 4.79 Å². The van der Waals surface area contributed by atoms with Gasteiger partial charge in [0, 0.05) is 0 Å².